The van der Waals surface area contributed by atoms with Gasteiger partial charge in [0.05, 0.1) is 16.6 Å². The summed E-state index contributed by atoms with van der Waals surface area (Å²) in [7, 11) is 0. The molecule has 2 N–H and O–H groups in total. The van der Waals surface area contributed by atoms with Gasteiger partial charge in [0.15, 0.2) is 0 Å². The Morgan fingerprint density at radius 3 is 2.50 bits per heavy atom. The lowest BCUT2D eigenvalue weighted by atomic mass is 10.2. The van der Waals surface area contributed by atoms with Crippen molar-refractivity contribution in [3.63, 3.8) is 0 Å². The summed E-state index contributed by atoms with van der Waals surface area (Å²) in [4.78, 5) is 43.5. The molecule has 2 aromatic carbocycles. The number of thiophene rings is 1. The second-order valence-electron chi connectivity index (χ2n) is 7.45. The van der Waals surface area contributed by atoms with Crippen molar-refractivity contribution >= 4 is 39.1 Å². The molecule has 0 saturated carbocycles. The van der Waals surface area contributed by atoms with Gasteiger partial charge in [0.1, 0.15) is 11.4 Å². The molecule has 162 valence electrons. The molecule has 2 heterocycles. The van der Waals surface area contributed by atoms with Gasteiger partial charge in [0.25, 0.3) is 11.5 Å². The summed E-state index contributed by atoms with van der Waals surface area (Å²) < 4.78 is 1.27. The first kappa shape index (κ1) is 21.5. The van der Waals surface area contributed by atoms with E-state index in [9.17, 15) is 14.4 Å². The number of anilines is 1. The van der Waals surface area contributed by atoms with Crippen LogP contribution in [-0.2, 0) is 17.9 Å². The third-order valence-electron chi connectivity index (χ3n) is 5.16. The zero-order valence-electron chi connectivity index (χ0n) is 17.7. The molecule has 0 aliphatic rings. The molecule has 2 amide bonds. The van der Waals surface area contributed by atoms with Gasteiger partial charge in [-0.3, -0.25) is 19.0 Å². The Hall–Kier alpha value is -3.78. The van der Waals surface area contributed by atoms with Gasteiger partial charge >= 0.3 is 0 Å². The van der Waals surface area contributed by atoms with E-state index in [2.05, 4.69) is 15.6 Å². The number of carbonyl (C=O) groups excluding carboxylic acids is 2. The van der Waals surface area contributed by atoms with Crippen molar-refractivity contribution in [2.45, 2.75) is 26.9 Å². The first-order chi connectivity index (χ1) is 15.4. The lowest BCUT2D eigenvalue weighted by molar-refractivity contribution is -0.121. The van der Waals surface area contributed by atoms with Gasteiger partial charge in [-0.25, -0.2) is 4.98 Å². The molecule has 0 saturated heterocycles. The van der Waals surface area contributed by atoms with Crippen LogP contribution in [0.4, 0.5) is 5.69 Å². The van der Waals surface area contributed by atoms with Gasteiger partial charge in [-0.1, -0.05) is 48.5 Å². The van der Waals surface area contributed by atoms with Crippen molar-refractivity contribution in [3.8, 4) is 0 Å². The van der Waals surface area contributed by atoms with E-state index in [1.807, 2.05) is 61.5 Å². The summed E-state index contributed by atoms with van der Waals surface area (Å²) in [6.45, 7) is 3.88. The van der Waals surface area contributed by atoms with Gasteiger partial charge in [0, 0.05) is 12.2 Å². The fourth-order valence-electron chi connectivity index (χ4n) is 3.39. The molecule has 8 heteroatoms. The molecule has 2 aromatic heterocycles. The first-order valence-corrected chi connectivity index (χ1v) is 10.9. The van der Waals surface area contributed by atoms with E-state index < -0.39 is 0 Å². The van der Waals surface area contributed by atoms with Gasteiger partial charge in [0.2, 0.25) is 5.91 Å². The average molecular weight is 447 g/mol. The van der Waals surface area contributed by atoms with Crippen LogP contribution in [0, 0.1) is 13.8 Å². The van der Waals surface area contributed by atoms with E-state index in [1.54, 1.807) is 6.92 Å². The zero-order chi connectivity index (χ0) is 22.7. The van der Waals surface area contributed by atoms with E-state index in [0.29, 0.717) is 27.2 Å². The maximum absolute atomic E-state index is 13.0. The molecule has 0 unspecified atom stereocenters. The predicted molar refractivity (Wildman–Crippen MR) is 126 cm³/mol. The summed E-state index contributed by atoms with van der Waals surface area (Å²) >= 11 is 1.17. The van der Waals surface area contributed by atoms with E-state index >= 15 is 0 Å². The molecule has 0 atom stereocenters. The number of carbonyl (C=O) groups is 2. The van der Waals surface area contributed by atoms with E-state index in [4.69, 9.17) is 0 Å². The van der Waals surface area contributed by atoms with Crippen LogP contribution in [0.3, 0.4) is 0 Å². The zero-order valence-corrected chi connectivity index (χ0v) is 18.5. The third-order valence-corrected chi connectivity index (χ3v) is 6.36. The molecule has 4 aromatic rings. The minimum absolute atomic E-state index is 0.144. The highest BCUT2D eigenvalue weighted by Gasteiger charge is 2.20. The quantitative estimate of drug-likeness (QED) is 0.473. The van der Waals surface area contributed by atoms with E-state index in [-0.39, 0.29) is 23.9 Å². The highest BCUT2D eigenvalue weighted by Crippen LogP contribution is 2.28. The highest BCUT2D eigenvalue weighted by atomic mass is 32.1. The molecule has 0 bridgehead atoms. The number of fused-ring (bicyclic) bond motifs is 1. The highest BCUT2D eigenvalue weighted by molar-refractivity contribution is 7.20. The first-order valence-electron chi connectivity index (χ1n) is 10.1. The second-order valence-corrected chi connectivity index (χ2v) is 8.44. The average Bonchev–Trinajstić information content (AvgIpc) is 3.14. The Morgan fingerprint density at radius 2 is 1.75 bits per heavy atom. The molecule has 0 aliphatic carbocycles. The Balaban J connectivity index is 1.54. The molecule has 0 fully saturated rings. The fourth-order valence-corrected chi connectivity index (χ4v) is 4.42. The molecule has 7 nitrogen and oxygen atoms in total. The Kier molecular flexibility index (Phi) is 6.13. The molecule has 0 radical (unpaired) electrons. The summed E-state index contributed by atoms with van der Waals surface area (Å²) in [6.07, 6.45) is 1.35. The number of benzene rings is 2. The maximum atomic E-state index is 13.0. The molecule has 32 heavy (non-hydrogen) atoms. The lowest BCUT2D eigenvalue weighted by Gasteiger charge is -2.08. The van der Waals surface area contributed by atoms with E-state index in [1.165, 1.54) is 22.2 Å². The number of para-hydroxylation sites is 1. The van der Waals surface area contributed by atoms with Crippen LogP contribution in [0.2, 0.25) is 0 Å². The van der Waals surface area contributed by atoms with Crippen molar-refractivity contribution in [1.82, 2.24) is 14.9 Å². The summed E-state index contributed by atoms with van der Waals surface area (Å²) in [6, 6.07) is 17.0. The van der Waals surface area contributed by atoms with Crippen LogP contribution in [0.15, 0.2) is 65.7 Å². The van der Waals surface area contributed by atoms with Gasteiger partial charge < -0.3 is 10.6 Å². The number of hydrogen-bond donors (Lipinski definition) is 2. The van der Waals surface area contributed by atoms with Gasteiger partial charge in [-0.2, -0.15) is 0 Å². The van der Waals surface area contributed by atoms with Crippen molar-refractivity contribution in [3.05, 3.63) is 92.8 Å². The van der Waals surface area contributed by atoms with Crippen molar-refractivity contribution in [1.29, 1.82) is 0 Å². The fraction of sp³-hybridized carbons (Fsp3) is 0.167. The standard InChI is InChI=1S/C24H22N4O3S/c1-15-8-6-7-11-18(15)27-22(30)21-16(2)20-23(32-21)26-14-28(24(20)31)13-19(29)25-12-17-9-4-3-5-10-17/h3-11,14H,12-13H2,1-2H3,(H,25,29)(H,27,30). The topological polar surface area (TPSA) is 93.1 Å². The minimum atomic E-state index is -0.339. The molecule has 0 aliphatic heterocycles. The van der Waals surface area contributed by atoms with Crippen LogP contribution in [-0.4, -0.2) is 21.4 Å². The number of hydrogen-bond acceptors (Lipinski definition) is 5. The van der Waals surface area contributed by atoms with Crippen LogP contribution in [0.25, 0.3) is 10.2 Å². The van der Waals surface area contributed by atoms with Crippen LogP contribution >= 0.6 is 11.3 Å². The summed E-state index contributed by atoms with van der Waals surface area (Å²) in [5.74, 6) is -0.575. The largest absolute Gasteiger partial charge is 0.350 e. The van der Waals surface area contributed by atoms with Crippen molar-refractivity contribution in [2.75, 3.05) is 5.32 Å². The number of nitrogens with zero attached hydrogens (tertiary/aromatic N) is 2. The maximum Gasteiger partial charge on any atom is 0.266 e. The number of nitrogens with one attached hydrogen (secondary N) is 2. The Bertz CT molecular complexity index is 1360. The Morgan fingerprint density at radius 1 is 1.03 bits per heavy atom. The number of rotatable bonds is 6. The van der Waals surface area contributed by atoms with Gasteiger partial charge in [-0.05, 0) is 36.6 Å². The van der Waals surface area contributed by atoms with Crippen LogP contribution in [0.5, 0.6) is 0 Å². The predicted octanol–water partition coefficient (Wildman–Crippen LogP) is 3.64. The smallest absolute Gasteiger partial charge is 0.266 e. The van der Waals surface area contributed by atoms with Crippen molar-refractivity contribution in [2.24, 2.45) is 0 Å². The third kappa shape index (κ3) is 4.45. The summed E-state index contributed by atoms with van der Waals surface area (Å²) in [5, 5.41) is 6.07. The second kappa shape index (κ2) is 9.15. The van der Waals surface area contributed by atoms with Crippen LogP contribution in [0.1, 0.15) is 26.4 Å². The number of amides is 2. The molecular weight excluding hydrogens is 424 g/mol. The van der Waals surface area contributed by atoms with Crippen molar-refractivity contribution < 1.29 is 9.59 Å². The number of aryl methyl sites for hydroxylation is 2. The van der Waals surface area contributed by atoms with Crippen LogP contribution < -0.4 is 16.2 Å². The number of aromatic nitrogens is 2. The van der Waals surface area contributed by atoms with E-state index in [0.717, 1.165) is 16.8 Å². The molecule has 4 rings (SSSR count). The normalized spacial score (nSPS) is 10.8. The monoisotopic (exact) mass is 446 g/mol. The minimum Gasteiger partial charge on any atom is -0.350 e. The SMILES string of the molecule is Cc1ccccc1NC(=O)c1sc2ncn(CC(=O)NCc3ccccc3)c(=O)c2c1C. The lowest BCUT2D eigenvalue weighted by Crippen LogP contribution is -2.32. The molecular formula is C24H22N4O3S. The molecule has 0 spiro atoms. The van der Waals surface area contributed by atoms with Gasteiger partial charge in [-0.15, -0.1) is 11.3 Å². The summed E-state index contributed by atoms with van der Waals surface area (Å²) in [5.41, 5.74) is 2.86. The Labute approximate surface area is 188 Å².